The summed E-state index contributed by atoms with van der Waals surface area (Å²) in [5.74, 6) is 0.545. The molecule has 2 amide bonds. The number of carbonyl (C=O) groups excluding carboxylic acids is 2. The van der Waals surface area contributed by atoms with Gasteiger partial charge in [-0.3, -0.25) is 9.59 Å². The summed E-state index contributed by atoms with van der Waals surface area (Å²) in [6, 6.07) is 31.3. The number of allylic oxidation sites excluding steroid dienone is 1. The number of anilines is 1. The molecule has 0 radical (unpaired) electrons. The molecule has 3 aromatic heterocycles. The van der Waals surface area contributed by atoms with E-state index in [1.807, 2.05) is 98.8 Å². The van der Waals surface area contributed by atoms with E-state index >= 15 is 0 Å². The maximum absolute atomic E-state index is 14.0. The predicted molar refractivity (Wildman–Crippen MR) is 237 cm³/mol. The summed E-state index contributed by atoms with van der Waals surface area (Å²) in [4.78, 5) is 47.1. The van der Waals surface area contributed by atoms with Gasteiger partial charge in [0.2, 0.25) is 0 Å². The van der Waals surface area contributed by atoms with Crippen molar-refractivity contribution in [2.24, 2.45) is 10.4 Å². The van der Waals surface area contributed by atoms with Crippen LogP contribution in [-0.2, 0) is 5.41 Å². The predicted octanol–water partition coefficient (Wildman–Crippen LogP) is 11.8. The normalized spacial score (nSPS) is 14.2. The number of nitrogens with zero attached hydrogens (tertiary/aromatic N) is 3. The van der Waals surface area contributed by atoms with Crippen molar-refractivity contribution in [1.82, 2.24) is 20.3 Å². The van der Waals surface area contributed by atoms with Gasteiger partial charge in [-0.2, -0.15) is 0 Å². The molecule has 57 heavy (non-hydrogen) atoms. The second kappa shape index (κ2) is 14.5. The van der Waals surface area contributed by atoms with Gasteiger partial charge in [0.25, 0.3) is 11.8 Å². The first kappa shape index (κ1) is 37.9. The molecule has 0 atom stereocenters. The molecule has 0 aliphatic carbocycles. The lowest BCUT2D eigenvalue weighted by molar-refractivity contribution is 0.0975. The number of nitrogens with one attached hydrogen (secondary N) is 3. The van der Waals surface area contributed by atoms with Crippen molar-refractivity contribution in [3.05, 3.63) is 147 Å². The molecule has 8 nitrogen and oxygen atoms in total. The van der Waals surface area contributed by atoms with Gasteiger partial charge in [-0.15, -0.1) is 22.7 Å². The van der Waals surface area contributed by atoms with Crippen LogP contribution in [-0.4, -0.2) is 32.6 Å². The molecular weight excluding hydrogens is 745 g/mol. The topological polar surface area (TPSA) is 112 Å². The summed E-state index contributed by atoms with van der Waals surface area (Å²) >= 11 is 3.17. The molecule has 7 aromatic rings. The Bertz CT molecular complexity index is 2770. The Morgan fingerprint density at radius 2 is 1.16 bits per heavy atom. The lowest BCUT2D eigenvalue weighted by Crippen LogP contribution is -2.31. The smallest absolute Gasteiger partial charge is 0.257 e. The number of benzene rings is 4. The second-order valence-electron chi connectivity index (χ2n) is 16.4. The fourth-order valence-corrected chi connectivity index (χ4v) is 9.50. The number of hydrogen-bond acceptors (Lipinski definition) is 7. The minimum atomic E-state index is -0.427. The van der Waals surface area contributed by atoms with Crippen molar-refractivity contribution >= 4 is 78.2 Å². The zero-order chi connectivity index (χ0) is 40.2. The van der Waals surface area contributed by atoms with Gasteiger partial charge in [0.05, 0.1) is 37.3 Å². The van der Waals surface area contributed by atoms with E-state index in [1.54, 1.807) is 22.7 Å². The highest BCUT2D eigenvalue weighted by molar-refractivity contribution is 7.21. The maximum atomic E-state index is 14.0. The molecule has 1 aliphatic heterocycles. The zero-order valence-electron chi connectivity index (χ0n) is 33.3. The van der Waals surface area contributed by atoms with Gasteiger partial charge in [-0.1, -0.05) is 102 Å². The number of para-hydroxylation sites is 2. The zero-order valence-corrected chi connectivity index (χ0v) is 34.9. The van der Waals surface area contributed by atoms with E-state index in [1.165, 1.54) is 0 Å². The Kier molecular flexibility index (Phi) is 9.66. The van der Waals surface area contributed by atoms with Gasteiger partial charge < -0.3 is 15.6 Å². The average molecular weight is 789 g/mol. The van der Waals surface area contributed by atoms with E-state index in [0.29, 0.717) is 28.5 Å². The molecule has 0 saturated carbocycles. The number of fused-ring (bicyclic) bond motifs is 2. The Morgan fingerprint density at radius 3 is 1.70 bits per heavy atom. The Balaban J connectivity index is 1.37. The van der Waals surface area contributed by atoms with Crippen LogP contribution < -0.4 is 10.6 Å². The number of aliphatic imine (C=N–C) groups is 1. The fourth-order valence-electron chi connectivity index (χ4n) is 7.46. The first-order chi connectivity index (χ1) is 27.2. The van der Waals surface area contributed by atoms with Crippen LogP contribution in [0.25, 0.3) is 42.7 Å². The van der Waals surface area contributed by atoms with Crippen LogP contribution in [0.4, 0.5) is 5.82 Å². The molecule has 1 aliphatic rings. The number of amides is 2. The molecule has 0 unspecified atom stereocenters. The number of aromatic nitrogens is 3. The quantitative estimate of drug-likeness (QED) is 0.156. The molecule has 286 valence electrons. The van der Waals surface area contributed by atoms with Gasteiger partial charge in [0.15, 0.2) is 0 Å². The Labute approximate surface area is 340 Å². The highest BCUT2D eigenvalue weighted by atomic mass is 32.1. The Hall–Kier alpha value is -5.97. The first-order valence-corrected chi connectivity index (χ1v) is 20.6. The second-order valence-corrected chi connectivity index (χ2v) is 18.5. The first-order valence-electron chi connectivity index (χ1n) is 19.0. The highest BCUT2D eigenvalue weighted by Gasteiger charge is 2.37. The number of aromatic amines is 1. The van der Waals surface area contributed by atoms with E-state index in [4.69, 9.17) is 15.0 Å². The van der Waals surface area contributed by atoms with E-state index in [-0.39, 0.29) is 11.8 Å². The third-order valence-electron chi connectivity index (χ3n) is 10.1. The van der Waals surface area contributed by atoms with Crippen LogP contribution in [0.2, 0.25) is 0 Å². The number of carbonyl (C=O) groups is 2. The highest BCUT2D eigenvalue weighted by Crippen LogP contribution is 2.48. The number of amidine groups is 1. The lowest BCUT2D eigenvalue weighted by Gasteiger charge is -2.24. The SMILES string of the molecule is Cc1ccccc1C(=O)NC1=NC(=Cc2[nH]c(NC(=O)c3ccccc3C)c(-c3nc4ccccc4s3)c2C(C)(C)C)C(C(C)(C)C)=C1c1nc2ccccc2s1. The van der Waals surface area contributed by atoms with Crippen molar-refractivity contribution in [2.45, 2.75) is 60.8 Å². The van der Waals surface area contributed by atoms with E-state index in [9.17, 15) is 9.59 Å². The third-order valence-corrected chi connectivity index (χ3v) is 12.2. The standard InChI is InChI=1S/C47H44N6O2S2/c1-26-17-9-11-19-28(26)42(54)52-40-36(44-50-30-21-13-15-23-34(30)56-44)38(46(3,4)5)32(48-40)25-33-39(47(6,7)8)37(45-51-31-22-14-16-24-35(31)57-45)41(49-33)53-43(55)29-20-12-10-18-27(29)2/h9-25,48H,1-8H3,(H,52,54)(H,49,53,55). The molecule has 3 N–H and O–H groups in total. The monoisotopic (exact) mass is 788 g/mol. The van der Waals surface area contributed by atoms with Crippen LogP contribution in [0, 0.1) is 19.3 Å². The summed E-state index contributed by atoms with van der Waals surface area (Å²) in [6.07, 6.45) is 2.06. The molecule has 8 rings (SSSR count). The maximum Gasteiger partial charge on any atom is 0.257 e. The summed E-state index contributed by atoms with van der Waals surface area (Å²) in [6.45, 7) is 16.8. The summed E-state index contributed by atoms with van der Waals surface area (Å²) < 4.78 is 2.10. The molecule has 0 fully saturated rings. The average Bonchev–Trinajstić information content (AvgIpc) is 3.94. The van der Waals surface area contributed by atoms with Gasteiger partial charge in [-0.05, 0) is 89.4 Å². The number of hydrogen-bond donors (Lipinski definition) is 3. The molecule has 0 saturated heterocycles. The van der Waals surface area contributed by atoms with Crippen LogP contribution in [0.3, 0.4) is 0 Å². The van der Waals surface area contributed by atoms with E-state index < -0.39 is 10.8 Å². The minimum absolute atomic E-state index is 0.218. The molecular formula is C47H44N6O2S2. The van der Waals surface area contributed by atoms with Gasteiger partial charge in [-0.25, -0.2) is 15.0 Å². The Morgan fingerprint density at radius 1 is 0.649 bits per heavy atom. The summed E-state index contributed by atoms with van der Waals surface area (Å²) in [5.41, 5.74) is 8.89. The van der Waals surface area contributed by atoms with Gasteiger partial charge >= 0.3 is 0 Å². The molecule has 4 heterocycles. The summed E-state index contributed by atoms with van der Waals surface area (Å²) in [7, 11) is 0. The van der Waals surface area contributed by atoms with Crippen LogP contribution in [0.1, 0.15) is 89.7 Å². The van der Waals surface area contributed by atoms with Crippen LogP contribution in [0.5, 0.6) is 0 Å². The minimum Gasteiger partial charge on any atom is -0.341 e. The van der Waals surface area contributed by atoms with Gasteiger partial charge in [0.1, 0.15) is 21.7 Å². The summed E-state index contributed by atoms with van der Waals surface area (Å²) in [5, 5.41) is 8.02. The lowest BCUT2D eigenvalue weighted by atomic mass is 9.81. The van der Waals surface area contributed by atoms with Crippen molar-refractivity contribution in [2.75, 3.05) is 5.32 Å². The molecule has 4 aromatic carbocycles. The van der Waals surface area contributed by atoms with Gasteiger partial charge in [0, 0.05) is 16.8 Å². The van der Waals surface area contributed by atoms with Crippen LogP contribution >= 0.6 is 22.7 Å². The number of aryl methyl sites for hydroxylation is 2. The van der Waals surface area contributed by atoms with Crippen molar-refractivity contribution in [3.8, 4) is 10.6 Å². The van der Waals surface area contributed by atoms with Crippen molar-refractivity contribution in [3.63, 3.8) is 0 Å². The van der Waals surface area contributed by atoms with E-state index in [0.717, 1.165) is 69.5 Å². The number of rotatable bonds is 6. The molecule has 10 heteroatoms. The third kappa shape index (κ3) is 7.27. The number of thiazole rings is 2. The molecule has 0 spiro atoms. The molecule has 0 bridgehead atoms. The van der Waals surface area contributed by atoms with Crippen molar-refractivity contribution in [1.29, 1.82) is 0 Å². The van der Waals surface area contributed by atoms with Crippen LogP contribution in [0.15, 0.2) is 113 Å². The largest absolute Gasteiger partial charge is 0.341 e. The van der Waals surface area contributed by atoms with E-state index in [2.05, 4.69) is 75.4 Å². The fraction of sp³-hybridized carbons (Fsp3) is 0.213. The number of H-pyrrole nitrogens is 1. The van der Waals surface area contributed by atoms with Crippen molar-refractivity contribution < 1.29 is 9.59 Å².